The number of para-hydroxylation sites is 1. The van der Waals surface area contributed by atoms with Gasteiger partial charge in [-0.3, -0.25) is 0 Å². The second kappa shape index (κ2) is 4.92. The van der Waals surface area contributed by atoms with Gasteiger partial charge in [-0.15, -0.1) is 0 Å². The molecule has 3 heteroatoms. The number of nitrogens with two attached hydrogens (primary N) is 1. The highest BCUT2D eigenvalue weighted by Crippen LogP contribution is 2.27. The molecule has 0 unspecified atom stereocenters. The number of carbonyl (C=O) groups is 1. The number of hydrogen-bond acceptors (Lipinski definition) is 2. The molecule has 0 fully saturated rings. The van der Waals surface area contributed by atoms with Crippen molar-refractivity contribution in [3.8, 4) is 11.1 Å². The van der Waals surface area contributed by atoms with Gasteiger partial charge in [-0.2, -0.15) is 0 Å². The van der Waals surface area contributed by atoms with Crippen molar-refractivity contribution in [2.24, 2.45) is 0 Å². The maximum Gasteiger partial charge on any atom is 0.335 e. The van der Waals surface area contributed by atoms with Crippen LogP contribution in [-0.4, -0.2) is 11.1 Å². The van der Waals surface area contributed by atoms with E-state index in [1.54, 1.807) is 12.1 Å². The number of rotatable bonds is 3. The number of aryl methyl sites for hydroxylation is 1. The van der Waals surface area contributed by atoms with Gasteiger partial charge in [-0.25, -0.2) is 4.79 Å². The molecule has 18 heavy (non-hydrogen) atoms. The molecule has 0 aliphatic heterocycles. The summed E-state index contributed by atoms with van der Waals surface area (Å²) in [5.74, 6) is -0.889. The molecule has 3 nitrogen and oxygen atoms in total. The highest BCUT2D eigenvalue weighted by atomic mass is 16.4. The van der Waals surface area contributed by atoms with E-state index in [9.17, 15) is 4.79 Å². The molecular weight excluding hydrogens is 226 g/mol. The minimum Gasteiger partial charge on any atom is -0.478 e. The molecule has 2 aromatic rings. The lowest BCUT2D eigenvalue weighted by atomic mass is 9.97. The van der Waals surface area contributed by atoms with Gasteiger partial charge in [0.1, 0.15) is 0 Å². The van der Waals surface area contributed by atoms with Crippen LogP contribution >= 0.6 is 0 Å². The predicted molar refractivity (Wildman–Crippen MR) is 72.6 cm³/mol. The summed E-state index contributed by atoms with van der Waals surface area (Å²) in [7, 11) is 0. The van der Waals surface area contributed by atoms with Gasteiger partial charge in [0.05, 0.1) is 5.56 Å². The van der Waals surface area contributed by atoms with Gasteiger partial charge in [-0.1, -0.05) is 37.3 Å². The Hall–Kier alpha value is -2.29. The number of carboxylic acid groups (broad SMARTS) is 1. The number of nitrogen functional groups attached to an aromatic ring is 1. The van der Waals surface area contributed by atoms with Crippen molar-refractivity contribution in [1.29, 1.82) is 0 Å². The fourth-order valence-electron chi connectivity index (χ4n) is 2.02. The van der Waals surface area contributed by atoms with Gasteiger partial charge in [-0.05, 0) is 29.7 Å². The zero-order chi connectivity index (χ0) is 13.1. The van der Waals surface area contributed by atoms with Crippen molar-refractivity contribution in [3.05, 3.63) is 53.6 Å². The lowest BCUT2D eigenvalue weighted by molar-refractivity contribution is 0.0696. The minimum atomic E-state index is -0.889. The molecule has 0 amide bonds. The van der Waals surface area contributed by atoms with E-state index in [0.717, 1.165) is 16.7 Å². The maximum atomic E-state index is 11.1. The van der Waals surface area contributed by atoms with Gasteiger partial charge in [0.15, 0.2) is 0 Å². The van der Waals surface area contributed by atoms with E-state index in [-0.39, 0.29) is 0 Å². The summed E-state index contributed by atoms with van der Waals surface area (Å²) in [5.41, 5.74) is 9.69. The van der Waals surface area contributed by atoms with Crippen LogP contribution in [0.4, 0.5) is 5.69 Å². The van der Waals surface area contributed by atoms with Crippen LogP contribution in [-0.2, 0) is 6.42 Å². The molecule has 2 aromatic carbocycles. The molecule has 0 saturated heterocycles. The summed E-state index contributed by atoms with van der Waals surface area (Å²) < 4.78 is 0. The average molecular weight is 241 g/mol. The summed E-state index contributed by atoms with van der Waals surface area (Å²) in [6.07, 6.45) is 0.683. The predicted octanol–water partition coefficient (Wildman–Crippen LogP) is 3.20. The minimum absolute atomic E-state index is 0.357. The van der Waals surface area contributed by atoms with Crippen LogP contribution in [0, 0.1) is 0 Å². The summed E-state index contributed by atoms with van der Waals surface area (Å²) >= 11 is 0. The van der Waals surface area contributed by atoms with Crippen LogP contribution in [0.5, 0.6) is 0 Å². The second-order valence-electron chi connectivity index (χ2n) is 4.12. The van der Waals surface area contributed by atoms with Crippen LogP contribution in [0.15, 0.2) is 42.5 Å². The maximum absolute atomic E-state index is 11.1. The summed E-state index contributed by atoms with van der Waals surface area (Å²) in [6, 6.07) is 12.9. The largest absolute Gasteiger partial charge is 0.478 e. The molecule has 0 aromatic heterocycles. The normalized spacial score (nSPS) is 10.3. The molecule has 92 valence electrons. The molecule has 0 bridgehead atoms. The standard InChI is InChI=1S/C15H15NO2/c1-2-10-9-11(7-8-13(10)15(17)18)12-5-3-4-6-14(12)16/h3-9H,2,16H2,1H3,(H,17,18). The molecular formula is C15H15NO2. The third-order valence-electron chi connectivity index (χ3n) is 2.99. The quantitative estimate of drug-likeness (QED) is 0.811. The fraction of sp³-hybridized carbons (Fsp3) is 0.133. The average Bonchev–Trinajstić information content (AvgIpc) is 2.38. The number of benzene rings is 2. The molecule has 3 N–H and O–H groups in total. The van der Waals surface area contributed by atoms with Gasteiger partial charge < -0.3 is 10.8 Å². The molecule has 0 aliphatic rings. The Morgan fingerprint density at radius 2 is 1.94 bits per heavy atom. The Morgan fingerprint density at radius 1 is 1.22 bits per heavy atom. The lowest BCUT2D eigenvalue weighted by Gasteiger charge is -2.09. The van der Waals surface area contributed by atoms with E-state index in [1.165, 1.54) is 0 Å². The smallest absolute Gasteiger partial charge is 0.335 e. The summed E-state index contributed by atoms with van der Waals surface area (Å²) in [4.78, 5) is 11.1. The third kappa shape index (κ3) is 2.20. The monoisotopic (exact) mass is 241 g/mol. The van der Waals surface area contributed by atoms with E-state index in [2.05, 4.69) is 0 Å². The van der Waals surface area contributed by atoms with E-state index in [1.807, 2.05) is 37.3 Å². The third-order valence-corrected chi connectivity index (χ3v) is 2.99. The molecule has 2 rings (SSSR count). The van der Waals surface area contributed by atoms with E-state index in [4.69, 9.17) is 10.8 Å². The first-order valence-electron chi connectivity index (χ1n) is 5.84. The Balaban J connectivity index is 2.55. The zero-order valence-corrected chi connectivity index (χ0v) is 10.2. The topological polar surface area (TPSA) is 63.3 Å². The van der Waals surface area contributed by atoms with E-state index >= 15 is 0 Å². The lowest BCUT2D eigenvalue weighted by Crippen LogP contribution is -2.02. The first-order valence-corrected chi connectivity index (χ1v) is 5.84. The summed E-state index contributed by atoms with van der Waals surface area (Å²) in [6.45, 7) is 1.94. The number of hydrogen-bond donors (Lipinski definition) is 2. The van der Waals surface area contributed by atoms with Crippen LogP contribution in [0.2, 0.25) is 0 Å². The van der Waals surface area contributed by atoms with Crippen LogP contribution in [0.1, 0.15) is 22.8 Å². The Morgan fingerprint density at radius 3 is 2.56 bits per heavy atom. The molecule has 0 radical (unpaired) electrons. The SMILES string of the molecule is CCc1cc(-c2ccccc2N)ccc1C(=O)O. The zero-order valence-electron chi connectivity index (χ0n) is 10.2. The van der Waals surface area contributed by atoms with E-state index < -0.39 is 5.97 Å². The van der Waals surface area contributed by atoms with Crippen molar-refractivity contribution in [3.63, 3.8) is 0 Å². The highest BCUT2D eigenvalue weighted by molar-refractivity contribution is 5.91. The van der Waals surface area contributed by atoms with Gasteiger partial charge >= 0.3 is 5.97 Å². The molecule has 0 atom stereocenters. The van der Waals surface area contributed by atoms with Gasteiger partial charge in [0, 0.05) is 11.3 Å². The van der Waals surface area contributed by atoms with Crippen molar-refractivity contribution < 1.29 is 9.90 Å². The fourth-order valence-corrected chi connectivity index (χ4v) is 2.02. The van der Waals surface area contributed by atoms with Crippen molar-refractivity contribution in [1.82, 2.24) is 0 Å². The van der Waals surface area contributed by atoms with Gasteiger partial charge in [0.25, 0.3) is 0 Å². The first kappa shape index (κ1) is 12.2. The first-order chi connectivity index (χ1) is 8.63. The number of aromatic carboxylic acids is 1. The second-order valence-corrected chi connectivity index (χ2v) is 4.12. The molecule has 0 aliphatic carbocycles. The Kier molecular flexibility index (Phi) is 3.33. The van der Waals surface area contributed by atoms with E-state index in [0.29, 0.717) is 17.7 Å². The highest BCUT2D eigenvalue weighted by Gasteiger charge is 2.10. The van der Waals surface area contributed by atoms with Crippen LogP contribution in [0.3, 0.4) is 0 Å². The number of anilines is 1. The van der Waals surface area contributed by atoms with Crippen LogP contribution < -0.4 is 5.73 Å². The molecule has 0 saturated carbocycles. The van der Waals surface area contributed by atoms with Crippen molar-refractivity contribution >= 4 is 11.7 Å². The summed E-state index contributed by atoms with van der Waals surface area (Å²) in [5, 5.41) is 9.09. The Bertz CT molecular complexity index is 591. The van der Waals surface area contributed by atoms with Crippen LogP contribution in [0.25, 0.3) is 11.1 Å². The number of carboxylic acids is 1. The van der Waals surface area contributed by atoms with Crippen molar-refractivity contribution in [2.45, 2.75) is 13.3 Å². The van der Waals surface area contributed by atoms with Crippen molar-refractivity contribution in [2.75, 3.05) is 5.73 Å². The van der Waals surface area contributed by atoms with Gasteiger partial charge in [0.2, 0.25) is 0 Å². The molecule has 0 spiro atoms. The molecule has 0 heterocycles. The Labute approximate surface area is 106 Å².